The molecule has 0 atom stereocenters. The second-order valence-corrected chi connectivity index (χ2v) is 6.47. The maximum atomic E-state index is 5.61. The second-order valence-electron chi connectivity index (χ2n) is 6.47. The Labute approximate surface area is 122 Å². The monoisotopic (exact) mass is 277 g/mol. The smallest absolute Gasteiger partial charge is 0.161 e. The number of benzene rings is 1. The molecule has 20 heavy (non-hydrogen) atoms. The molecule has 1 aromatic carbocycles. The highest BCUT2D eigenvalue weighted by atomic mass is 16.6. The first-order valence-corrected chi connectivity index (χ1v) is 7.68. The van der Waals surface area contributed by atoms with Crippen LogP contribution in [-0.2, 0) is 6.42 Å². The molecule has 0 radical (unpaired) electrons. The summed E-state index contributed by atoms with van der Waals surface area (Å²) in [5.41, 5.74) is 1.58. The van der Waals surface area contributed by atoms with E-state index in [2.05, 4.69) is 38.2 Å². The molecule has 0 unspecified atom stereocenters. The van der Waals surface area contributed by atoms with E-state index < -0.39 is 0 Å². The highest BCUT2D eigenvalue weighted by Gasteiger charge is 2.11. The molecule has 0 saturated heterocycles. The molecule has 0 spiro atoms. The number of fused-ring (bicyclic) bond motifs is 1. The number of hydrogen-bond donors (Lipinski definition) is 1. The normalized spacial score (nSPS) is 14.3. The van der Waals surface area contributed by atoms with E-state index >= 15 is 0 Å². The first kappa shape index (κ1) is 15.2. The molecular weight excluding hydrogens is 250 g/mol. The minimum absolute atomic E-state index is 0.232. The number of ether oxygens (including phenoxy) is 2. The van der Waals surface area contributed by atoms with E-state index in [1.165, 1.54) is 24.8 Å². The lowest BCUT2D eigenvalue weighted by molar-refractivity contribution is 0.171. The van der Waals surface area contributed by atoms with Crippen LogP contribution >= 0.6 is 0 Å². The summed E-state index contributed by atoms with van der Waals surface area (Å²) in [6, 6.07) is 6.31. The van der Waals surface area contributed by atoms with Gasteiger partial charge in [0.1, 0.15) is 13.2 Å². The quantitative estimate of drug-likeness (QED) is 0.807. The molecule has 0 aliphatic carbocycles. The highest BCUT2D eigenvalue weighted by Crippen LogP contribution is 2.31. The lowest BCUT2D eigenvalue weighted by Gasteiger charge is -2.20. The average molecular weight is 277 g/mol. The van der Waals surface area contributed by atoms with Gasteiger partial charge in [-0.1, -0.05) is 12.5 Å². The summed E-state index contributed by atoms with van der Waals surface area (Å²) < 4.78 is 11.1. The Morgan fingerprint density at radius 2 is 1.75 bits per heavy atom. The van der Waals surface area contributed by atoms with E-state index in [1.807, 2.05) is 6.07 Å². The van der Waals surface area contributed by atoms with Gasteiger partial charge in [0.2, 0.25) is 0 Å². The maximum absolute atomic E-state index is 5.61. The summed E-state index contributed by atoms with van der Waals surface area (Å²) in [5, 5.41) is 3.52. The van der Waals surface area contributed by atoms with Gasteiger partial charge in [0.05, 0.1) is 0 Å². The zero-order chi connectivity index (χ0) is 14.4. The second kappa shape index (κ2) is 6.98. The van der Waals surface area contributed by atoms with Crippen LogP contribution in [0.25, 0.3) is 0 Å². The van der Waals surface area contributed by atoms with E-state index in [0.29, 0.717) is 13.2 Å². The van der Waals surface area contributed by atoms with E-state index in [4.69, 9.17) is 9.47 Å². The largest absolute Gasteiger partial charge is 0.486 e. The summed E-state index contributed by atoms with van der Waals surface area (Å²) in [5.74, 6) is 1.79. The molecule has 2 rings (SSSR count). The van der Waals surface area contributed by atoms with Gasteiger partial charge in [0.15, 0.2) is 11.5 Å². The first-order valence-electron chi connectivity index (χ1n) is 7.68. The van der Waals surface area contributed by atoms with Crippen molar-refractivity contribution in [3.63, 3.8) is 0 Å². The van der Waals surface area contributed by atoms with Gasteiger partial charge < -0.3 is 14.8 Å². The van der Waals surface area contributed by atoms with Crippen molar-refractivity contribution in [3.05, 3.63) is 23.8 Å². The number of aryl methyl sites for hydroxylation is 1. The maximum Gasteiger partial charge on any atom is 0.161 e. The van der Waals surface area contributed by atoms with Gasteiger partial charge >= 0.3 is 0 Å². The van der Waals surface area contributed by atoms with Gasteiger partial charge in [-0.15, -0.1) is 0 Å². The Kier molecular flexibility index (Phi) is 5.30. The summed E-state index contributed by atoms with van der Waals surface area (Å²) in [6.07, 6.45) is 4.84. The van der Waals surface area contributed by atoms with Crippen LogP contribution in [0.3, 0.4) is 0 Å². The van der Waals surface area contributed by atoms with Crippen LogP contribution < -0.4 is 14.8 Å². The molecule has 1 N–H and O–H groups in total. The number of nitrogens with one attached hydrogen (secondary N) is 1. The molecule has 0 fully saturated rings. The van der Waals surface area contributed by atoms with Crippen molar-refractivity contribution in [1.29, 1.82) is 0 Å². The van der Waals surface area contributed by atoms with Crippen molar-refractivity contribution in [2.75, 3.05) is 19.8 Å². The molecular formula is C17H27NO2. The number of rotatable bonds is 6. The summed E-state index contributed by atoms with van der Waals surface area (Å²) in [6.45, 7) is 9.05. The third kappa shape index (κ3) is 5.04. The summed E-state index contributed by atoms with van der Waals surface area (Å²) in [4.78, 5) is 0. The predicted molar refractivity (Wildman–Crippen MR) is 82.7 cm³/mol. The van der Waals surface area contributed by atoms with Crippen LogP contribution in [0.4, 0.5) is 0 Å². The van der Waals surface area contributed by atoms with E-state index in [9.17, 15) is 0 Å². The lowest BCUT2D eigenvalue weighted by Crippen LogP contribution is -2.36. The first-order chi connectivity index (χ1) is 9.54. The van der Waals surface area contributed by atoms with Gasteiger partial charge in [-0.3, -0.25) is 0 Å². The molecule has 0 saturated carbocycles. The van der Waals surface area contributed by atoms with Crippen molar-refractivity contribution in [1.82, 2.24) is 5.32 Å². The average Bonchev–Trinajstić information content (AvgIpc) is 2.41. The number of hydrogen-bond acceptors (Lipinski definition) is 3. The van der Waals surface area contributed by atoms with Gasteiger partial charge in [-0.2, -0.15) is 0 Å². The van der Waals surface area contributed by atoms with Crippen molar-refractivity contribution < 1.29 is 9.47 Å². The molecule has 1 aliphatic heterocycles. The Balaban J connectivity index is 1.67. The minimum Gasteiger partial charge on any atom is -0.486 e. The van der Waals surface area contributed by atoms with Crippen molar-refractivity contribution in [2.24, 2.45) is 0 Å². The van der Waals surface area contributed by atoms with Gasteiger partial charge in [0.25, 0.3) is 0 Å². The molecule has 3 nitrogen and oxygen atoms in total. The summed E-state index contributed by atoms with van der Waals surface area (Å²) in [7, 11) is 0. The third-order valence-electron chi connectivity index (χ3n) is 3.40. The fraction of sp³-hybridized carbons (Fsp3) is 0.647. The van der Waals surface area contributed by atoms with Crippen molar-refractivity contribution >= 4 is 0 Å². The van der Waals surface area contributed by atoms with Gasteiger partial charge in [-0.05, 0) is 64.3 Å². The van der Waals surface area contributed by atoms with Crippen molar-refractivity contribution in [2.45, 2.75) is 52.0 Å². The Morgan fingerprint density at radius 3 is 2.50 bits per heavy atom. The third-order valence-corrected chi connectivity index (χ3v) is 3.40. The van der Waals surface area contributed by atoms with E-state index in [1.54, 1.807) is 0 Å². The predicted octanol–water partition coefficient (Wildman–Crippen LogP) is 3.56. The van der Waals surface area contributed by atoms with Crippen LogP contribution in [0.2, 0.25) is 0 Å². The molecule has 1 aromatic rings. The fourth-order valence-corrected chi connectivity index (χ4v) is 2.34. The highest BCUT2D eigenvalue weighted by molar-refractivity contribution is 5.43. The van der Waals surface area contributed by atoms with Crippen molar-refractivity contribution in [3.8, 4) is 11.5 Å². The van der Waals surface area contributed by atoms with Gasteiger partial charge in [-0.25, -0.2) is 0 Å². The zero-order valence-electron chi connectivity index (χ0n) is 13.0. The van der Waals surface area contributed by atoms with E-state index in [-0.39, 0.29) is 5.54 Å². The Hall–Kier alpha value is -1.22. The number of unbranched alkanes of at least 4 members (excludes halogenated alkanes) is 2. The Bertz CT molecular complexity index is 423. The van der Waals surface area contributed by atoms with Crippen LogP contribution in [0.5, 0.6) is 11.5 Å². The molecule has 0 bridgehead atoms. The topological polar surface area (TPSA) is 30.5 Å². The molecule has 0 aromatic heterocycles. The van der Waals surface area contributed by atoms with E-state index in [0.717, 1.165) is 24.5 Å². The van der Waals surface area contributed by atoms with Crippen LogP contribution in [0.15, 0.2) is 18.2 Å². The molecule has 112 valence electrons. The summed E-state index contributed by atoms with van der Waals surface area (Å²) >= 11 is 0. The molecule has 3 heteroatoms. The minimum atomic E-state index is 0.232. The Morgan fingerprint density at radius 1 is 1.00 bits per heavy atom. The molecule has 0 amide bonds. The van der Waals surface area contributed by atoms with Crippen LogP contribution in [0, 0.1) is 0 Å². The fourth-order valence-electron chi connectivity index (χ4n) is 2.34. The van der Waals surface area contributed by atoms with Crippen LogP contribution in [-0.4, -0.2) is 25.3 Å². The standard InChI is InChI=1S/C17H27NO2/c1-17(2,3)18-10-6-4-5-7-14-8-9-15-16(13-14)20-12-11-19-15/h8-9,13,18H,4-7,10-12H2,1-3H3. The SMILES string of the molecule is CC(C)(C)NCCCCCc1ccc2c(c1)OCCO2. The van der Waals surface area contributed by atoms with Crippen LogP contribution in [0.1, 0.15) is 45.6 Å². The molecule has 1 aliphatic rings. The molecule has 1 heterocycles. The lowest BCUT2D eigenvalue weighted by atomic mass is 10.1. The van der Waals surface area contributed by atoms with Gasteiger partial charge in [0, 0.05) is 5.54 Å². The zero-order valence-corrected chi connectivity index (χ0v) is 13.0.